The van der Waals surface area contributed by atoms with E-state index in [1.807, 2.05) is 0 Å². The van der Waals surface area contributed by atoms with Crippen molar-refractivity contribution in [2.24, 2.45) is 0 Å². The first-order valence-corrected chi connectivity index (χ1v) is 9.41. The number of nitrogens with zero attached hydrogens (tertiary/aromatic N) is 2. The van der Waals surface area contributed by atoms with Gasteiger partial charge in [0.2, 0.25) is 6.79 Å². The van der Waals surface area contributed by atoms with Crippen LogP contribution >= 0.6 is 0 Å². The normalized spacial score (nSPS) is 19.1. The van der Waals surface area contributed by atoms with Crippen LogP contribution in [0.1, 0.15) is 17.2 Å². The zero-order chi connectivity index (χ0) is 21.5. The quantitative estimate of drug-likeness (QED) is 0.397. The fraction of sp³-hybridized carbons (Fsp3) is 0.0870. The van der Waals surface area contributed by atoms with Crippen LogP contribution in [0.5, 0.6) is 11.5 Å². The third-order valence-corrected chi connectivity index (χ3v) is 5.22. The number of fused-ring (bicyclic) bond motifs is 1. The monoisotopic (exact) mass is 418 g/mol. The summed E-state index contributed by atoms with van der Waals surface area (Å²) >= 11 is 0. The van der Waals surface area contributed by atoms with Crippen LogP contribution in [0.15, 0.2) is 72.6 Å². The van der Waals surface area contributed by atoms with Gasteiger partial charge in [-0.3, -0.25) is 19.5 Å². The lowest BCUT2D eigenvalue weighted by atomic mass is 9.95. The maximum absolute atomic E-state index is 13.5. The number of hydrogen-bond acceptors (Lipinski definition) is 6. The topological polar surface area (TPSA) is 89.0 Å². The van der Waals surface area contributed by atoms with Crippen LogP contribution in [0.4, 0.5) is 10.1 Å². The molecule has 1 fully saturated rings. The molecule has 0 bridgehead atoms. The molecule has 1 saturated heterocycles. The molecule has 1 atom stereocenters. The molecule has 2 aliphatic heterocycles. The number of aliphatic hydroxyl groups is 1. The molecule has 8 heteroatoms. The number of carbonyl (C=O) groups is 2. The standard InChI is InChI=1S/C23H15FN2O5/c24-15-2-4-16(5-3-15)26-20(13-7-9-25-10-8-13)19(22(28)23(26)29)21(27)14-1-6-17-18(11-14)31-12-30-17/h1-11,20,27H,12H2/b21-19-. The molecule has 3 heterocycles. The number of carbonyl (C=O) groups excluding carboxylic acids is 2. The van der Waals surface area contributed by atoms with Crippen LogP contribution in [0.3, 0.4) is 0 Å². The minimum atomic E-state index is -0.918. The van der Waals surface area contributed by atoms with Crippen molar-refractivity contribution in [1.29, 1.82) is 0 Å². The minimum Gasteiger partial charge on any atom is -0.507 e. The van der Waals surface area contributed by atoms with Crippen molar-refractivity contribution in [3.05, 3.63) is 89.5 Å². The van der Waals surface area contributed by atoms with E-state index in [1.165, 1.54) is 41.6 Å². The molecule has 2 aromatic carbocycles. The molecule has 5 rings (SSSR count). The summed E-state index contributed by atoms with van der Waals surface area (Å²) in [6.45, 7) is 0.0610. The SMILES string of the molecule is O=C1C(=O)N(c2ccc(F)cc2)C(c2ccncc2)/C1=C(/O)c1ccc2c(c1)OCO2. The molecular formula is C23H15FN2O5. The highest BCUT2D eigenvalue weighted by atomic mass is 19.1. The molecular weight excluding hydrogens is 403 g/mol. The molecule has 2 aliphatic rings. The van der Waals surface area contributed by atoms with Crippen LogP contribution < -0.4 is 14.4 Å². The predicted octanol–water partition coefficient (Wildman–Crippen LogP) is 3.58. The van der Waals surface area contributed by atoms with Gasteiger partial charge in [0.15, 0.2) is 11.5 Å². The van der Waals surface area contributed by atoms with Gasteiger partial charge < -0.3 is 14.6 Å². The van der Waals surface area contributed by atoms with Gasteiger partial charge in [0, 0.05) is 23.6 Å². The third-order valence-electron chi connectivity index (χ3n) is 5.22. The summed E-state index contributed by atoms with van der Waals surface area (Å²) in [5.41, 5.74) is 1.12. The molecule has 7 nitrogen and oxygen atoms in total. The molecule has 0 spiro atoms. The number of pyridine rings is 1. The average molecular weight is 418 g/mol. The van der Waals surface area contributed by atoms with Crippen LogP contribution in [0.2, 0.25) is 0 Å². The fourth-order valence-corrected chi connectivity index (χ4v) is 3.76. The van der Waals surface area contributed by atoms with Crippen LogP contribution in [-0.2, 0) is 9.59 Å². The highest BCUT2D eigenvalue weighted by molar-refractivity contribution is 6.51. The van der Waals surface area contributed by atoms with E-state index in [9.17, 15) is 19.1 Å². The smallest absolute Gasteiger partial charge is 0.300 e. The van der Waals surface area contributed by atoms with Gasteiger partial charge in [-0.25, -0.2) is 4.39 Å². The Morgan fingerprint density at radius 2 is 1.71 bits per heavy atom. The van der Waals surface area contributed by atoms with Gasteiger partial charge >= 0.3 is 0 Å². The van der Waals surface area contributed by atoms with E-state index in [2.05, 4.69) is 4.98 Å². The Hall–Kier alpha value is -4.20. The van der Waals surface area contributed by atoms with Gasteiger partial charge in [-0.15, -0.1) is 0 Å². The first-order valence-electron chi connectivity index (χ1n) is 9.41. The van der Waals surface area contributed by atoms with E-state index in [1.54, 1.807) is 30.3 Å². The summed E-state index contributed by atoms with van der Waals surface area (Å²) in [7, 11) is 0. The summed E-state index contributed by atoms with van der Waals surface area (Å²) in [6, 6.07) is 12.4. The van der Waals surface area contributed by atoms with Gasteiger partial charge in [-0.2, -0.15) is 0 Å². The van der Waals surface area contributed by atoms with E-state index >= 15 is 0 Å². The first kappa shape index (κ1) is 18.8. The van der Waals surface area contributed by atoms with E-state index in [0.29, 0.717) is 28.3 Å². The van der Waals surface area contributed by atoms with Crippen LogP contribution in [0, 0.1) is 5.82 Å². The van der Waals surface area contributed by atoms with Crippen LogP contribution in [-0.4, -0.2) is 28.6 Å². The maximum Gasteiger partial charge on any atom is 0.300 e. The largest absolute Gasteiger partial charge is 0.507 e. The Morgan fingerprint density at radius 3 is 2.45 bits per heavy atom. The molecule has 154 valence electrons. The van der Waals surface area contributed by atoms with E-state index in [-0.39, 0.29) is 18.1 Å². The summed E-state index contributed by atoms with van der Waals surface area (Å²) in [5.74, 6) is -1.53. The number of ether oxygens (including phenoxy) is 2. The predicted molar refractivity (Wildman–Crippen MR) is 108 cm³/mol. The molecule has 0 aliphatic carbocycles. The van der Waals surface area contributed by atoms with Gasteiger partial charge in [-0.05, 0) is 60.2 Å². The number of benzene rings is 2. The molecule has 31 heavy (non-hydrogen) atoms. The summed E-state index contributed by atoms with van der Waals surface area (Å²) in [6.07, 6.45) is 3.06. The number of halogens is 1. The summed E-state index contributed by atoms with van der Waals surface area (Å²) in [5, 5.41) is 11.1. The minimum absolute atomic E-state index is 0.0610. The zero-order valence-corrected chi connectivity index (χ0v) is 16.0. The number of hydrogen-bond donors (Lipinski definition) is 1. The van der Waals surface area contributed by atoms with Gasteiger partial charge in [0.05, 0.1) is 11.6 Å². The number of aliphatic hydroxyl groups excluding tert-OH is 1. The zero-order valence-electron chi connectivity index (χ0n) is 16.0. The second-order valence-corrected chi connectivity index (χ2v) is 6.99. The van der Waals surface area contributed by atoms with Crippen LogP contribution in [0.25, 0.3) is 5.76 Å². The summed E-state index contributed by atoms with van der Waals surface area (Å²) < 4.78 is 24.1. The Bertz CT molecular complexity index is 1220. The number of ketones is 1. The lowest BCUT2D eigenvalue weighted by Crippen LogP contribution is -2.29. The third kappa shape index (κ3) is 3.09. The lowest BCUT2D eigenvalue weighted by molar-refractivity contribution is -0.132. The molecule has 1 N–H and O–H groups in total. The Kier molecular flexibility index (Phi) is 4.39. The van der Waals surface area contributed by atoms with Crippen molar-refractivity contribution < 1.29 is 28.6 Å². The van der Waals surface area contributed by atoms with E-state index < -0.39 is 23.5 Å². The van der Waals surface area contributed by atoms with Gasteiger partial charge in [-0.1, -0.05) is 0 Å². The maximum atomic E-state index is 13.5. The molecule has 1 amide bonds. The second-order valence-electron chi connectivity index (χ2n) is 6.99. The molecule has 3 aromatic rings. The molecule has 1 aromatic heterocycles. The Morgan fingerprint density at radius 1 is 1.00 bits per heavy atom. The lowest BCUT2D eigenvalue weighted by Gasteiger charge is -2.25. The number of rotatable bonds is 3. The highest BCUT2D eigenvalue weighted by Crippen LogP contribution is 2.43. The number of aromatic nitrogens is 1. The molecule has 0 saturated carbocycles. The van der Waals surface area contributed by atoms with Crippen molar-refractivity contribution in [2.45, 2.75) is 6.04 Å². The van der Waals surface area contributed by atoms with Gasteiger partial charge in [0.1, 0.15) is 11.6 Å². The second kappa shape index (κ2) is 7.24. The average Bonchev–Trinajstić information content (AvgIpc) is 3.37. The molecule has 1 unspecified atom stereocenters. The van der Waals surface area contributed by atoms with E-state index in [0.717, 1.165) is 0 Å². The van der Waals surface area contributed by atoms with Gasteiger partial charge in [0.25, 0.3) is 11.7 Å². The number of Topliss-reactive ketones (excluding diaryl/α,β-unsaturated/α-hetero) is 1. The van der Waals surface area contributed by atoms with Crippen molar-refractivity contribution >= 4 is 23.1 Å². The number of amides is 1. The van der Waals surface area contributed by atoms with Crippen molar-refractivity contribution in [3.8, 4) is 11.5 Å². The number of anilines is 1. The molecule has 0 radical (unpaired) electrons. The van der Waals surface area contributed by atoms with Crippen molar-refractivity contribution in [1.82, 2.24) is 4.98 Å². The van der Waals surface area contributed by atoms with Crippen molar-refractivity contribution in [3.63, 3.8) is 0 Å². The highest BCUT2D eigenvalue weighted by Gasteiger charge is 2.47. The Labute approximate surface area is 176 Å². The Balaban J connectivity index is 1.69. The van der Waals surface area contributed by atoms with E-state index in [4.69, 9.17) is 9.47 Å². The summed E-state index contributed by atoms with van der Waals surface area (Å²) in [4.78, 5) is 31.2. The fourth-order valence-electron chi connectivity index (χ4n) is 3.76. The first-order chi connectivity index (χ1) is 15.0. The van der Waals surface area contributed by atoms with Crippen molar-refractivity contribution in [2.75, 3.05) is 11.7 Å².